The second-order valence-corrected chi connectivity index (χ2v) is 6.97. The largest absolute Gasteiger partial charge is 0.342 e. The summed E-state index contributed by atoms with van der Waals surface area (Å²) < 4.78 is 0. The molecule has 0 aliphatic heterocycles. The SMILES string of the molecule is Cc1nc2ccc(-c3nc4ccc(-c5nc6ccccc6[nH]5)cc4[nH]3)cc2[nH]1. The Hall–Kier alpha value is -3.93. The Kier molecular flexibility index (Phi) is 3.00. The van der Waals surface area contributed by atoms with Crippen molar-refractivity contribution >= 4 is 33.1 Å². The molecule has 3 N–H and O–H groups in total. The maximum absolute atomic E-state index is 4.75. The smallest absolute Gasteiger partial charge is 0.138 e. The Balaban J connectivity index is 1.45. The second kappa shape index (κ2) is 5.53. The van der Waals surface area contributed by atoms with E-state index in [0.29, 0.717) is 0 Å². The van der Waals surface area contributed by atoms with Gasteiger partial charge in [-0.2, -0.15) is 0 Å². The molecule has 3 aromatic heterocycles. The first-order chi connectivity index (χ1) is 13.7. The zero-order valence-corrected chi connectivity index (χ0v) is 15.1. The van der Waals surface area contributed by atoms with Gasteiger partial charge in [0, 0.05) is 11.1 Å². The van der Waals surface area contributed by atoms with Gasteiger partial charge in [-0.05, 0) is 55.5 Å². The number of benzene rings is 3. The lowest BCUT2D eigenvalue weighted by Gasteiger charge is -1.96. The maximum atomic E-state index is 4.75. The molecule has 0 saturated carbocycles. The van der Waals surface area contributed by atoms with E-state index in [2.05, 4.69) is 32.1 Å². The quantitative estimate of drug-likeness (QED) is 0.406. The summed E-state index contributed by atoms with van der Waals surface area (Å²) in [5, 5.41) is 0. The molecule has 0 amide bonds. The predicted molar refractivity (Wildman–Crippen MR) is 111 cm³/mol. The topological polar surface area (TPSA) is 86.0 Å². The summed E-state index contributed by atoms with van der Waals surface area (Å²) in [4.78, 5) is 24.0. The molecule has 0 fully saturated rings. The minimum Gasteiger partial charge on any atom is -0.342 e. The second-order valence-electron chi connectivity index (χ2n) is 6.97. The highest BCUT2D eigenvalue weighted by molar-refractivity contribution is 5.87. The van der Waals surface area contributed by atoms with Gasteiger partial charge in [0.2, 0.25) is 0 Å². The van der Waals surface area contributed by atoms with Gasteiger partial charge in [-0.3, -0.25) is 0 Å². The van der Waals surface area contributed by atoms with Crippen LogP contribution in [0.4, 0.5) is 0 Å². The van der Waals surface area contributed by atoms with Crippen molar-refractivity contribution in [3.63, 3.8) is 0 Å². The van der Waals surface area contributed by atoms with Crippen LogP contribution in [0.25, 0.3) is 55.9 Å². The molecule has 3 aromatic carbocycles. The molecule has 0 saturated heterocycles. The molecule has 0 atom stereocenters. The predicted octanol–water partition coefficient (Wildman–Crippen LogP) is 4.96. The van der Waals surface area contributed by atoms with E-state index < -0.39 is 0 Å². The standard InChI is InChI=1S/C22H16N6/c1-12-23-17-8-6-13(10-19(17)24-12)22-27-18-9-7-14(11-20(18)28-22)21-25-15-4-2-3-5-16(15)26-21/h2-11H,1H3,(H,23,24)(H,25,26)(H,27,28). The molecule has 0 aliphatic rings. The Morgan fingerprint density at radius 1 is 0.571 bits per heavy atom. The number of rotatable bonds is 2. The summed E-state index contributed by atoms with van der Waals surface area (Å²) in [5.74, 6) is 2.60. The number of H-pyrrole nitrogens is 3. The first-order valence-electron chi connectivity index (χ1n) is 9.15. The van der Waals surface area contributed by atoms with Crippen LogP contribution in [0.5, 0.6) is 0 Å². The van der Waals surface area contributed by atoms with Crippen LogP contribution in [0, 0.1) is 6.92 Å². The van der Waals surface area contributed by atoms with E-state index in [-0.39, 0.29) is 0 Å². The van der Waals surface area contributed by atoms with Gasteiger partial charge in [0.25, 0.3) is 0 Å². The molecular formula is C22H16N6. The maximum Gasteiger partial charge on any atom is 0.138 e. The van der Waals surface area contributed by atoms with Gasteiger partial charge < -0.3 is 15.0 Å². The number of fused-ring (bicyclic) bond motifs is 3. The zero-order valence-electron chi connectivity index (χ0n) is 15.1. The number of nitrogens with one attached hydrogen (secondary N) is 3. The number of nitrogens with zero attached hydrogens (tertiary/aromatic N) is 3. The monoisotopic (exact) mass is 364 g/mol. The van der Waals surface area contributed by atoms with Crippen LogP contribution in [0.2, 0.25) is 0 Å². The highest BCUT2D eigenvalue weighted by Gasteiger charge is 2.10. The molecule has 6 heteroatoms. The molecular weight excluding hydrogens is 348 g/mol. The van der Waals surface area contributed by atoms with Gasteiger partial charge >= 0.3 is 0 Å². The van der Waals surface area contributed by atoms with Crippen molar-refractivity contribution in [3.05, 3.63) is 66.5 Å². The highest BCUT2D eigenvalue weighted by atomic mass is 14.9. The summed E-state index contributed by atoms with van der Waals surface area (Å²) in [6.45, 7) is 1.96. The molecule has 134 valence electrons. The van der Waals surface area contributed by atoms with Gasteiger partial charge in [0.05, 0.1) is 33.1 Å². The van der Waals surface area contributed by atoms with E-state index >= 15 is 0 Å². The summed E-state index contributed by atoms with van der Waals surface area (Å²) in [6, 6.07) is 20.3. The van der Waals surface area contributed by atoms with Crippen LogP contribution in [-0.4, -0.2) is 29.9 Å². The van der Waals surface area contributed by atoms with Crippen molar-refractivity contribution < 1.29 is 0 Å². The van der Waals surface area contributed by atoms with Crippen LogP contribution < -0.4 is 0 Å². The fourth-order valence-corrected chi connectivity index (χ4v) is 3.67. The molecule has 6 rings (SSSR count). The minimum atomic E-state index is 0.839. The van der Waals surface area contributed by atoms with Crippen molar-refractivity contribution in [1.29, 1.82) is 0 Å². The fourth-order valence-electron chi connectivity index (χ4n) is 3.67. The fraction of sp³-hybridized carbons (Fsp3) is 0.0455. The molecule has 0 unspecified atom stereocenters. The number of imidazole rings is 3. The summed E-state index contributed by atoms with van der Waals surface area (Å²) in [5.41, 5.74) is 7.93. The third-order valence-corrected chi connectivity index (χ3v) is 5.02. The normalized spacial score (nSPS) is 11.8. The lowest BCUT2D eigenvalue weighted by molar-refractivity contribution is 1.17. The summed E-state index contributed by atoms with van der Waals surface area (Å²) >= 11 is 0. The third kappa shape index (κ3) is 2.31. The average molecular weight is 364 g/mol. The number of para-hydroxylation sites is 2. The van der Waals surface area contributed by atoms with Crippen molar-refractivity contribution in [1.82, 2.24) is 29.9 Å². The lowest BCUT2D eigenvalue weighted by atomic mass is 10.2. The van der Waals surface area contributed by atoms with Gasteiger partial charge in [0.1, 0.15) is 17.5 Å². The van der Waals surface area contributed by atoms with Crippen LogP contribution in [0.3, 0.4) is 0 Å². The van der Waals surface area contributed by atoms with E-state index in [9.17, 15) is 0 Å². The number of hydrogen-bond donors (Lipinski definition) is 3. The van der Waals surface area contributed by atoms with Crippen LogP contribution >= 0.6 is 0 Å². The van der Waals surface area contributed by atoms with E-state index in [1.54, 1.807) is 0 Å². The molecule has 6 nitrogen and oxygen atoms in total. The number of aromatic nitrogens is 6. The summed E-state index contributed by atoms with van der Waals surface area (Å²) in [7, 11) is 0. The van der Waals surface area contributed by atoms with Gasteiger partial charge in [-0.1, -0.05) is 12.1 Å². The van der Waals surface area contributed by atoms with E-state index in [0.717, 1.165) is 61.7 Å². The van der Waals surface area contributed by atoms with Gasteiger partial charge in [0.15, 0.2) is 0 Å². The molecule has 28 heavy (non-hydrogen) atoms. The van der Waals surface area contributed by atoms with Crippen molar-refractivity contribution in [2.24, 2.45) is 0 Å². The van der Waals surface area contributed by atoms with Crippen LogP contribution in [0.15, 0.2) is 60.7 Å². The molecule has 0 spiro atoms. The molecule has 0 radical (unpaired) electrons. The molecule has 6 aromatic rings. The summed E-state index contributed by atoms with van der Waals surface area (Å²) in [6.07, 6.45) is 0. The number of aryl methyl sites for hydroxylation is 1. The van der Waals surface area contributed by atoms with Crippen LogP contribution in [-0.2, 0) is 0 Å². The number of hydrogen-bond acceptors (Lipinski definition) is 3. The average Bonchev–Trinajstić information content (AvgIpc) is 3.41. The molecule has 3 heterocycles. The minimum absolute atomic E-state index is 0.839. The number of aromatic amines is 3. The van der Waals surface area contributed by atoms with Crippen LogP contribution in [0.1, 0.15) is 5.82 Å². The van der Waals surface area contributed by atoms with Gasteiger partial charge in [-0.25, -0.2) is 15.0 Å². The van der Waals surface area contributed by atoms with Crippen molar-refractivity contribution in [2.75, 3.05) is 0 Å². The Morgan fingerprint density at radius 3 is 1.86 bits per heavy atom. The van der Waals surface area contributed by atoms with Gasteiger partial charge in [-0.15, -0.1) is 0 Å². The van der Waals surface area contributed by atoms with E-state index in [4.69, 9.17) is 9.97 Å². The first-order valence-corrected chi connectivity index (χ1v) is 9.15. The Labute approximate surface area is 159 Å². The van der Waals surface area contributed by atoms with Crippen molar-refractivity contribution in [2.45, 2.75) is 6.92 Å². The lowest BCUT2D eigenvalue weighted by Crippen LogP contribution is -1.81. The van der Waals surface area contributed by atoms with E-state index in [1.807, 2.05) is 55.5 Å². The molecule has 0 bridgehead atoms. The Bertz CT molecular complexity index is 1450. The third-order valence-electron chi connectivity index (χ3n) is 5.02. The first kappa shape index (κ1) is 15.2. The molecule has 0 aliphatic carbocycles. The Morgan fingerprint density at radius 2 is 1.14 bits per heavy atom. The zero-order chi connectivity index (χ0) is 18.7. The highest BCUT2D eigenvalue weighted by Crippen LogP contribution is 2.27. The van der Waals surface area contributed by atoms with E-state index in [1.165, 1.54) is 0 Å². The van der Waals surface area contributed by atoms with Crippen molar-refractivity contribution in [3.8, 4) is 22.8 Å².